The van der Waals surface area contributed by atoms with Crippen molar-refractivity contribution in [1.29, 1.82) is 0 Å². The van der Waals surface area contributed by atoms with Gasteiger partial charge in [-0.25, -0.2) is 4.79 Å². The minimum Gasteiger partial charge on any atom is -0.504 e. The summed E-state index contributed by atoms with van der Waals surface area (Å²) >= 11 is 0. The smallest absolute Gasteiger partial charge is 0.342 e. The van der Waals surface area contributed by atoms with Crippen molar-refractivity contribution in [1.82, 2.24) is 10.6 Å². The molecular weight excluding hydrogens is 482 g/mol. The third kappa shape index (κ3) is 6.67. The van der Waals surface area contributed by atoms with Crippen molar-refractivity contribution in [2.45, 2.75) is 32.2 Å². The van der Waals surface area contributed by atoms with Crippen molar-refractivity contribution < 1.29 is 39.5 Å². The number of carbonyl (C=O) groups excluding carboxylic acids is 3. The Morgan fingerprint density at radius 1 is 0.811 bits per heavy atom. The molecular formula is C26H27N3O8. The molecule has 37 heavy (non-hydrogen) atoms. The number of nitrogens with one attached hydrogen (secondary N) is 2. The number of nitrogens with two attached hydrogens (primary N) is 1. The van der Waals surface area contributed by atoms with Crippen LogP contribution >= 0.6 is 0 Å². The lowest BCUT2D eigenvalue weighted by Crippen LogP contribution is -2.48. The molecule has 194 valence electrons. The first kappa shape index (κ1) is 26.8. The zero-order valence-corrected chi connectivity index (χ0v) is 19.8. The summed E-state index contributed by atoms with van der Waals surface area (Å²) in [5.74, 6) is -4.12. The second-order valence-electron chi connectivity index (χ2n) is 8.20. The molecule has 8 N–H and O–H groups in total. The molecule has 2 unspecified atom stereocenters. The number of amides is 2. The predicted molar refractivity (Wildman–Crippen MR) is 132 cm³/mol. The lowest BCUT2D eigenvalue weighted by Gasteiger charge is -2.20. The van der Waals surface area contributed by atoms with Crippen LogP contribution in [0.2, 0.25) is 0 Å². The van der Waals surface area contributed by atoms with Crippen LogP contribution in [0.5, 0.6) is 23.0 Å². The van der Waals surface area contributed by atoms with E-state index >= 15 is 0 Å². The standard InChI is InChI=1S/C26H27N3O8/c1-14(37-26(36)18-8-4-10-20(31)23(18)33)21(27)25(35)29-13-16-6-2-5-15(11-16)12-28-24(34)17-7-3-9-19(30)22(17)32/h2-11,14,21,30-33H,12-13,27H2,1H3,(H,28,34)(H,29,35). The predicted octanol–water partition coefficient (Wildman–Crippen LogP) is 1.63. The van der Waals surface area contributed by atoms with Crippen LogP contribution in [-0.2, 0) is 22.6 Å². The number of rotatable bonds is 9. The molecule has 3 aromatic rings. The van der Waals surface area contributed by atoms with Gasteiger partial charge in [0.2, 0.25) is 5.91 Å². The van der Waals surface area contributed by atoms with E-state index in [1.54, 1.807) is 24.3 Å². The molecule has 0 aliphatic carbocycles. The molecule has 0 radical (unpaired) electrons. The number of aromatic hydroxyl groups is 4. The van der Waals surface area contributed by atoms with Gasteiger partial charge in [0, 0.05) is 13.1 Å². The van der Waals surface area contributed by atoms with Crippen molar-refractivity contribution in [3.8, 4) is 23.0 Å². The molecule has 2 amide bonds. The van der Waals surface area contributed by atoms with E-state index in [9.17, 15) is 34.8 Å². The van der Waals surface area contributed by atoms with Gasteiger partial charge in [0.25, 0.3) is 5.91 Å². The lowest BCUT2D eigenvalue weighted by atomic mass is 10.1. The number of phenolic OH excluding ortho intramolecular Hbond substituents is 4. The Balaban J connectivity index is 1.52. The molecule has 0 heterocycles. The van der Waals surface area contributed by atoms with Gasteiger partial charge >= 0.3 is 5.97 Å². The molecule has 0 spiro atoms. The van der Waals surface area contributed by atoms with E-state index in [4.69, 9.17) is 10.5 Å². The highest BCUT2D eigenvalue weighted by molar-refractivity contribution is 5.97. The van der Waals surface area contributed by atoms with Crippen molar-refractivity contribution in [2.75, 3.05) is 0 Å². The Kier molecular flexibility index (Phi) is 8.54. The molecule has 2 atom stereocenters. The zero-order valence-electron chi connectivity index (χ0n) is 19.8. The van der Waals surface area contributed by atoms with Gasteiger partial charge in [0.1, 0.15) is 17.7 Å². The van der Waals surface area contributed by atoms with E-state index in [1.807, 2.05) is 0 Å². The SMILES string of the molecule is CC(OC(=O)c1cccc(O)c1O)C(N)C(=O)NCc1cccc(CNC(=O)c2cccc(O)c2O)c1. The first-order chi connectivity index (χ1) is 17.6. The fraction of sp³-hybridized carbons (Fsp3) is 0.192. The number of para-hydroxylation sites is 2. The van der Waals surface area contributed by atoms with Gasteiger partial charge in [-0.3, -0.25) is 9.59 Å². The third-order valence-corrected chi connectivity index (χ3v) is 5.51. The molecule has 0 saturated heterocycles. The Morgan fingerprint density at radius 2 is 1.32 bits per heavy atom. The molecule has 0 bridgehead atoms. The normalized spacial score (nSPS) is 12.3. The first-order valence-electron chi connectivity index (χ1n) is 11.2. The Hall–Kier alpha value is -4.77. The van der Waals surface area contributed by atoms with E-state index in [2.05, 4.69) is 10.6 Å². The number of ether oxygens (including phenoxy) is 1. The van der Waals surface area contributed by atoms with Crippen LogP contribution in [0.1, 0.15) is 38.8 Å². The van der Waals surface area contributed by atoms with E-state index in [1.165, 1.54) is 43.3 Å². The third-order valence-electron chi connectivity index (χ3n) is 5.51. The fourth-order valence-corrected chi connectivity index (χ4v) is 3.36. The quantitative estimate of drug-likeness (QED) is 0.166. The Bertz CT molecular complexity index is 1310. The van der Waals surface area contributed by atoms with Crippen molar-refractivity contribution in [3.63, 3.8) is 0 Å². The van der Waals surface area contributed by atoms with Crippen molar-refractivity contribution in [3.05, 3.63) is 82.9 Å². The van der Waals surface area contributed by atoms with Gasteiger partial charge in [-0.1, -0.05) is 36.4 Å². The molecule has 3 rings (SSSR count). The maximum Gasteiger partial charge on any atom is 0.342 e. The average molecular weight is 510 g/mol. The molecule has 0 aliphatic rings. The van der Waals surface area contributed by atoms with Gasteiger partial charge in [-0.15, -0.1) is 0 Å². The molecule has 0 aromatic heterocycles. The second kappa shape index (κ2) is 11.8. The molecule has 0 fully saturated rings. The minimum atomic E-state index is -1.21. The molecule has 0 saturated carbocycles. The van der Waals surface area contributed by atoms with Crippen LogP contribution in [-0.4, -0.2) is 50.4 Å². The van der Waals surface area contributed by atoms with Gasteiger partial charge < -0.3 is 41.5 Å². The van der Waals surface area contributed by atoms with Crippen LogP contribution in [0.4, 0.5) is 0 Å². The van der Waals surface area contributed by atoms with E-state index in [0.29, 0.717) is 5.56 Å². The number of hydrogen-bond donors (Lipinski definition) is 7. The minimum absolute atomic E-state index is 0.0634. The molecule has 11 heteroatoms. The fourth-order valence-electron chi connectivity index (χ4n) is 3.36. The van der Waals surface area contributed by atoms with E-state index in [0.717, 1.165) is 5.56 Å². The second-order valence-corrected chi connectivity index (χ2v) is 8.20. The summed E-state index contributed by atoms with van der Waals surface area (Å²) in [5.41, 5.74) is 7.03. The zero-order chi connectivity index (χ0) is 27.1. The number of carbonyl (C=O) groups is 3. The summed E-state index contributed by atoms with van der Waals surface area (Å²) in [5, 5.41) is 44.0. The summed E-state index contributed by atoms with van der Waals surface area (Å²) in [6.07, 6.45) is -1.04. The highest BCUT2D eigenvalue weighted by Gasteiger charge is 2.26. The topological polar surface area (TPSA) is 191 Å². The number of hydrogen-bond acceptors (Lipinski definition) is 9. The van der Waals surface area contributed by atoms with Crippen LogP contribution in [0.3, 0.4) is 0 Å². The average Bonchev–Trinajstić information content (AvgIpc) is 2.88. The summed E-state index contributed by atoms with van der Waals surface area (Å²) in [7, 11) is 0. The maximum absolute atomic E-state index is 12.5. The Morgan fingerprint density at radius 3 is 1.95 bits per heavy atom. The molecule has 0 aliphatic heterocycles. The number of benzene rings is 3. The van der Waals surface area contributed by atoms with Gasteiger partial charge in [-0.2, -0.15) is 0 Å². The van der Waals surface area contributed by atoms with Crippen LogP contribution in [0.25, 0.3) is 0 Å². The van der Waals surface area contributed by atoms with E-state index < -0.39 is 52.9 Å². The monoisotopic (exact) mass is 509 g/mol. The first-order valence-corrected chi connectivity index (χ1v) is 11.2. The Labute approximate surface area is 212 Å². The maximum atomic E-state index is 12.5. The number of phenols is 4. The van der Waals surface area contributed by atoms with Crippen molar-refractivity contribution >= 4 is 17.8 Å². The van der Waals surface area contributed by atoms with Gasteiger partial charge in [-0.05, 0) is 42.3 Å². The van der Waals surface area contributed by atoms with Gasteiger partial charge in [0.15, 0.2) is 23.0 Å². The lowest BCUT2D eigenvalue weighted by molar-refractivity contribution is -0.124. The van der Waals surface area contributed by atoms with Crippen LogP contribution in [0.15, 0.2) is 60.7 Å². The van der Waals surface area contributed by atoms with Crippen molar-refractivity contribution in [2.24, 2.45) is 5.73 Å². The molecule has 11 nitrogen and oxygen atoms in total. The summed E-state index contributed by atoms with van der Waals surface area (Å²) in [6.45, 7) is 1.66. The van der Waals surface area contributed by atoms with Gasteiger partial charge in [0.05, 0.1) is 5.56 Å². The summed E-state index contributed by atoms with van der Waals surface area (Å²) in [6, 6.07) is 13.7. The number of esters is 1. The largest absolute Gasteiger partial charge is 0.504 e. The highest BCUT2D eigenvalue weighted by atomic mass is 16.5. The summed E-state index contributed by atoms with van der Waals surface area (Å²) < 4.78 is 5.16. The van der Waals surface area contributed by atoms with Crippen LogP contribution < -0.4 is 16.4 Å². The highest BCUT2D eigenvalue weighted by Crippen LogP contribution is 2.29. The van der Waals surface area contributed by atoms with Crippen LogP contribution in [0, 0.1) is 0 Å². The summed E-state index contributed by atoms with van der Waals surface area (Å²) in [4.78, 5) is 37.1. The molecule has 3 aromatic carbocycles. The van der Waals surface area contributed by atoms with E-state index in [-0.39, 0.29) is 24.2 Å².